The van der Waals surface area contributed by atoms with Gasteiger partial charge in [0.1, 0.15) is 16.4 Å². The number of carbonyl (C=O) groups excluding carboxylic acids is 1. The van der Waals surface area contributed by atoms with E-state index in [1.165, 1.54) is 0 Å². The van der Waals surface area contributed by atoms with E-state index in [0.717, 1.165) is 22.6 Å². The molecule has 0 aliphatic heterocycles. The fourth-order valence-corrected chi connectivity index (χ4v) is 3.50. The quantitative estimate of drug-likeness (QED) is 0.765. The standard InChI is InChI=1S/C16H15N3O3S/c1-8-12-15(21)18-11(19-16(12)23-13(8)14(17)20)7-9-3-5-10(22-2)6-4-9/h3-6H,7H2,1-2H3,(H2,17,20)(H,18,19,21). The Balaban J connectivity index is 2.02. The zero-order chi connectivity index (χ0) is 16.6. The van der Waals surface area contributed by atoms with Crippen molar-refractivity contribution in [2.45, 2.75) is 13.3 Å². The van der Waals surface area contributed by atoms with E-state index in [2.05, 4.69) is 9.97 Å². The molecule has 0 saturated heterocycles. The molecule has 0 fully saturated rings. The molecule has 6 nitrogen and oxygen atoms in total. The van der Waals surface area contributed by atoms with Gasteiger partial charge in [-0.2, -0.15) is 0 Å². The number of nitrogens with zero attached hydrogens (tertiary/aromatic N) is 1. The molecule has 118 valence electrons. The van der Waals surface area contributed by atoms with Crippen molar-refractivity contribution in [1.82, 2.24) is 9.97 Å². The van der Waals surface area contributed by atoms with Gasteiger partial charge in [0.25, 0.3) is 11.5 Å². The lowest BCUT2D eigenvalue weighted by Gasteiger charge is -2.03. The molecule has 2 aromatic heterocycles. The molecule has 2 heterocycles. The summed E-state index contributed by atoms with van der Waals surface area (Å²) in [4.78, 5) is 31.9. The van der Waals surface area contributed by atoms with Crippen LogP contribution in [-0.4, -0.2) is 23.0 Å². The van der Waals surface area contributed by atoms with Crippen molar-refractivity contribution in [2.24, 2.45) is 5.73 Å². The zero-order valence-electron chi connectivity index (χ0n) is 12.7. The van der Waals surface area contributed by atoms with Crippen LogP contribution in [0.2, 0.25) is 0 Å². The van der Waals surface area contributed by atoms with Gasteiger partial charge in [-0.25, -0.2) is 4.98 Å². The Morgan fingerprint density at radius 3 is 2.65 bits per heavy atom. The first-order valence-electron chi connectivity index (χ1n) is 6.94. The van der Waals surface area contributed by atoms with Crippen LogP contribution in [0.1, 0.15) is 26.6 Å². The number of fused-ring (bicyclic) bond motifs is 1. The third-order valence-electron chi connectivity index (χ3n) is 3.60. The summed E-state index contributed by atoms with van der Waals surface area (Å²) in [5, 5.41) is 0.433. The minimum absolute atomic E-state index is 0.250. The van der Waals surface area contributed by atoms with Gasteiger partial charge in [-0.05, 0) is 30.2 Å². The SMILES string of the molecule is COc1ccc(Cc2nc3sc(C(N)=O)c(C)c3c(=O)[nH]2)cc1. The lowest BCUT2D eigenvalue weighted by Crippen LogP contribution is -2.13. The summed E-state index contributed by atoms with van der Waals surface area (Å²) in [5.74, 6) is 0.775. The third kappa shape index (κ3) is 2.83. The average Bonchev–Trinajstić information content (AvgIpc) is 2.85. The van der Waals surface area contributed by atoms with Crippen molar-refractivity contribution in [3.05, 3.63) is 56.4 Å². The van der Waals surface area contributed by atoms with Gasteiger partial charge in [0, 0.05) is 6.42 Å². The minimum Gasteiger partial charge on any atom is -0.497 e. The Kier molecular flexibility index (Phi) is 3.87. The number of ether oxygens (including phenoxy) is 1. The summed E-state index contributed by atoms with van der Waals surface area (Å²) < 4.78 is 5.12. The topological polar surface area (TPSA) is 98.1 Å². The van der Waals surface area contributed by atoms with Crippen LogP contribution >= 0.6 is 11.3 Å². The molecule has 3 rings (SSSR count). The molecule has 1 amide bonds. The van der Waals surface area contributed by atoms with Crippen LogP contribution in [0, 0.1) is 6.92 Å². The van der Waals surface area contributed by atoms with E-state index in [1.54, 1.807) is 14.0 Å². The lowest BCUT2D eigenvalue weighted by atomic mass is 10.1. The summed E-state index contributed by atoms with van der Waals surface area (Å²) in [7, 11) is 1.61. The molecule has 0 saturated carbocycles. The Hall–Kier alpha value is -2.67. The number of primary amides is 1. The number of carbonyl (C=O) groups is 1. The van der Waals surface area contributed by atoms with Gasteiger partial charge in [-0.1, -0.05) is 12.1 Å². The van der Waals surface area contributed by atoms with Crippen molar-refractivity contribution in [3.8, 4) is 5.75 Å². The number of aromatic nitrogens is 2. The molecule has 1 aromatic carbocycles. The molecule has 0 bridgehead atoms. The van der Waals surface area contributed by atoms with E-state index in [4.69, 9.17) is 10.5 Å². The molecule has 3 N–H and O–H groups in total. The number of benzene rings is 1. The minimum atomic E-state index is -0.540. The number of amides is 1. The van der Waals surface area contributed by atoms with Gasteiger partial charge in [-0.15, -0.1) is 11.3 Å². The smallest absolute Gasteiger partial charge is 0.259 e. The van der Waals surface area contributed by atoms with Gasteiger partial charge < -0.3 is 15.5 Å². The summed E-state index contributed by atoms with van der Waals surface area (Å²) in [6.45, 7) is 1.71. The number of methoxy groups -OCH3 is 1. The molecule has 0 unspecified atom stereocenters. The van der Waals surface area contributed by atoms with Crippen LogP contribution in [0.4, 0.5) is 0 Å². The summed E-state index contributed by atoms with van der Waals surface area (Å²) in [6, 6.07) is 7.54. The fourth-order valence-electron chi connectivity index (χ4n) is 2.44. The predicted molar refractivity (Wildman–Crippen MR) is 89.3 cm³/mol. The van der Waals surface area contributed by atoms with E-state index in [0.29, 0.717) is 32.9 Å². The highest BCUT2D eigenvalue weighted by Gasteiger charge is 2.17. The Morgan fingerprint density at radius 2 is 2.04 bits per heavy atom. The van der Waals surface area contributed by atoms with Gasteiger partial charge in [0.2, 0.25) is 0 Å². The van der Waals surface area contributed by atoms with Crippen LogP contribution in [0.15, 0.2) is 29.1 Å². The van der Waals surface area contributed by atoms with E-state index in [1.807, 2.05) is 24.3 Å². The van der Waals surface area contributed by atoms with E-state index in [9.17, 15) is 9.59 Å². The number of nitrogens with one attached hydrogen (secondary N) is 1. The van der Waals surface area contributed by atoms with Gasteiger partial charge >= 0.3 is 0 Å². The summed E-state index contributed by atoms with van der Waals surface area (Å²) in [5.41, 5.74) is 6.67. The lowest BCUT2D eigenvalue weighted by molar-refractivity contribution is 0.100. The number of aryl methyl sites for hydroxylation is 1. The molecule has 0 aliphatic rings. The predicted octanol–water partition coefficient (Wildman–Crippen LogP) is 1.99. The largest absolute Gasteiger partial charge is 0.497 e. The van der Waals surface area contributed by atoms with E-state index < -0.39 is 5.91 Å². The molecule has 0 atom stereocenters. The van der Waals surface area contributed by atoms with E-state index >= 15 is 0 Å². The van der Waals surface area contributed by atoms with Crippen LogP contribution in [-0.2, 0) is 6.42 Å². The molecular weight excluding hydrogens is 314 g/mol. The third-order valence-corrected chi connectivity index (χ3v) is 4.80. The van der Waals surface area contributed by atoms with Crippen LogP contribution in [0.3, 0.4) is 0 Å². The molecule has 23 heavy (non-hydrogen) atoms. The van der Waals surface area contributed by atoms with Gasteiger partial charge in [-0.3, -0.25) is 9.59 Å². The van der Waals surface area contributed by atoms with Crippen LogP contribution < -0.4 is 16.0 Å². The maximum absolute atomic E-state index is 12.3. The Labute approximate surface area is 135 Å². The normalized spacial score (nSPS) is 10.9. The number of hydrogen-bond acceptors (Lipinski definition) is 5. The van der Waals surface area contributed by atoms with Gasteiger partial charge in [0.05, 0.1) is 17.4 Å². The molecule has 0 aliphatic carbocycles. The molecule has 0 radical (unpaired) electrons. The number of nitrogens with two attached hydrogens (primary N) is 1. The summed E-state index contributed by atoms with van der Waals surface area (Å²) in [6.07, 6.45) is 0.484. The molecule has 7 heteroatoms. The van der Waals surface area contributed by atoms with Gasteiger partial charge in [0.15, 0.2) is 0 Å². The first-order chi connectivity index (χ1) is 11.0. The first kappa shape index (κ1) is 15.2. The van der Waals surface area contributed by atoms with Crippen LogP contribution in [0.5, 0.6) is 5.75 Å². The maximum atomic E-state index is 12.3. The van der Waals surface area contributed by atoms with E-state index in [-0.39, 0.29) is 5.56 Å². The molecule has 3 aromatic rings. The van der Waals surface area contributed by atoms with Crippen molar-refractivity contribution in [1.29, 1.82) is 0 Å². The first-order valence-corrected chi connectivity index (χ1v) is 7.76. The summed E-state index contributed by atoms with van der Waals surface area (Å²) >= 11 is 1.15. The van der Waals surface area contributed by atoms with Crippen molar-refractivity contribution < 1.29 is 9.53 Å². The molecule has 0 spiro atoms. The second-order valence-electron chi connectivity index (χ2n) is 5.14. The number of hydrogen-bond donors (Lipinski definition) is 2. The second kappa shape index (κ2) is 5.85. The van der Waals surface area contributed by atoms with Crippen molar-refractivity contribution in [2.75, 3.05) is 7.11 Å². The van der Waals surface area contributed by atoms with Crippen molar-refractivity contribution >= 4 is 27.5 Å². The maximum Gasteiger partial charge on any atom is 0.259 e. The number of H-pyrrole nitrogens is 1. The highest BCUT2D eigenvalue weighted by molar-refractivity contribution is 7.20. The highest BCUT2D eigenvalue weighted by atomic mass is 32.1. The number of thiophene rings is 1. The van der Waals surface area contributed by atoms with Crippen LogP contribution in [0.25, 0.3) is 10.2 Å². The molecular formula is C16H15N3O3S. The average molecular weight is 329 g/mol. The second-order valence-corrected chi connectivity index (χ2v) is 6.14. The number of aromatic amines is 1. The highest BCUT2D eigenvalue weighted by Crippen LogP contribution is 2.26. The zero-order valence-corrected chi connectivity index (χ0v) is 13.5. The fraction of sp³-hybridized carbons (Fsp3) is 0.188. The van der Waals surface area contributed by atoms with Crippen molar-refractivity contribution in [3.63, 3.8) is 0 Å². The number of rotatable bonds is 4. The Morgan fingerprint density at radius 1 is 1.35 bits per heavy atom. The monoisotopic (exact) mass is 329 g/mol. The Bertz CT molecular complexity index is 942.